The van der Waals surface area contributed by atoms with Crippen LogP contribution in [0.4, 0.5) is 10.5 Å². The van der Waals surface area contributed by atoms with Gasteiger partial charge in [-0.25, -0.2) is 20.0 Å². The van der Waals surface area contributed by atoms with Gasteiger partial charge < -0.3 is 14.7 Å². The Morgan fingerprint density at radius 1 is 1.07 bits per heavy atom. The second-order valence-corrected chi connectivity index (χ2v) is 13.2. The maximum atomic E-state index is 14.1. The van der Waals surface area contributed by atoms with Gasteiger partial charge in [0.1, 0.15) is 4.88 Å². The molecule has 2 aliphatic rings. The lowest BCUT2D eigenvalue weighted by Crippen LogP contribution is -2.51. The van der Waals surface area contributed by atoms with Crippen molar-refractivity contribution in [2.75, 3.05) is 4.90 Å². The number of thiophene rings is 1. The first kappa shape index (κ1) is 30.5. The largest absolute Gasteiger partial charge is 0.477 e. The van der Waals surface area contributed by atoms with Crippen LogP contribution >= 0.6 is 11.3 Å². The number of carbonyl (C=O) groups excluding carboxylic acids is 2. The van der Waals surface area contributed by atoms with Crippen molar-refractivity contribution in [3.63, 3.8) is 0 Å². The van der Waals surface area contributed by atoms with E-state index >= 15 is 0 Å². The predicted octanol–water partition coefficient (Wildman–Crippen LogP) is 6.00. The van der Waals surface area contributed by atoms with Gasteiger partial charge in [-0.05, 0) is 90.2 Å². The third-order valence-electron chi connectivity index (χ3n) is 7.60. The number of amides is 2. The lowest BCUT2D eigenvalue weighted by molar-refractivity contribution is -0.124. The van der Waals surface area contributed by atoms with E-state index in [2.05, 4.69) is 34.6 Å². The van der Waals surface area contributed by atoms with Gasteiger partial charge in [-0.3, -0.25) is 10.2 Å². The topological polar surface area (TPSA) is 121 Å². The second-order valence-electron chi connectivity index (χ2n) is 12.1. The van der Waals surface area contributed by atoms with Crippen LogP contribution in [0, 0.1) is 29.1 Å². The predicted molar refractivity (Wildman–Crippen MR) is 159 cm³/mol. The molecule has 9 nitrogen and oxygen atoms in total. The number of hydrogen-bond donors (Lipinski definition) is 3. The third kappa shape index (κ3) is 8.54. The van der Waals surface area contributed by atoms with Crippen LogP contribution < -0.4 is 20.5 Å². The Morgan fingerprint density at radius 2 is 1.78 bits per heavy atom. The molecule has 0 spiro atoms. The van der Waals surface area contributed by atoms with E-state index in [9.17, 15) is 19.5 Å². The van der Waals surface area contributed by atoms with Crippen molar-refractivity contribution in [2.24, 2.45) is 17.3 Å². The fraction of sp³-hybridized carbons (Fsp3) is 0.548. The molecular formula is C31H40N4O5S. The number of carbonyl (C=O) groups is 3. The highest BCUT2D eigenvalue weighted by molar-refractivity contribution is 7.15. The molecule has 41 heavy (non-hydrogen) atoms. The SMILES string of the molecule is CC1CCC(C(=O)N(c2cc(C#CC(C)(C)C)sc2C(=O)O)C2CCC(NNC(=O)Oc3ccccn3)CC2)CC1. The number of anilines is 1. The zero-order chi connectivity index (χ0) is 29.6. The van der Waals surface area contributed by atoms with Crippen LogP contribution in [0.25, 0.3) is 0 Å². The van der Waals surface area contributed by atoms with Crippen LogP contribution in [-0.4, -0.2) is 40.1 Å². The van der Waals surface area contributed by atoms with Crippen molar-refractivity contribution >= 4 is 35.0 Å². The Morgan fingerprint density at radius 3 is 2.39 bits per heavy atom. The second kappa shape index (κ2) is 13.5. The van der Waals surface area contributed by atoms with Gasteiger partial charge in [-0.15, -0.1) is 11.3 Å². The molecular weight excluding hydrogens is 540 g/mol. The van der Waals surface area contributed by atoms with Gasteiger partial charge in [0.2, 0.25) is 11.8 Å². The van der Waals surface area contributed by atoms with E-state index in [1.54, 1.807) is 35.4 Å². The van der Waals surface area contributed by atoms with E-state index in [0.29, 0.717) is 42.2 Å². The number of ether oxygens (including phenoxy) is 1. The number of aromatic nitrogens is 1. The summed E-state index contributed by atoms with van der Waals surface area (Å²) in [6, 6.07) is 6.70. The van der Waals surface area contributed by atoms with Crippen LogP contribution in [0.2, 0.25) is 0 Å². The molecule has 2 saturated carbocycles. The lowest BCUT2D eigenvalue weighted by atomic mass is 9.81. The standard InChI is InChI=1S/C31H40N4O5S/c1-20-8-10-21(11-9-20)28(36)35(25-19-24(16-17-31(2,3)4)41-27(25)29(37)38)23-14-12-22(13-15-23)33-34-30(39)40-26-7-5-6-18-32-26/h5-7,18-23,33H,8-15H2,1-4H3,(H,34,39)(H,37,38). The Labute approximate surface area is 246 Å². The maximum absolute atomic E-state index is 14.1. The monoisotopic (exact) mass is 580 g/mol. The summed E-state index contributed by atoms with van der Waals surface area (Å²) in [5.41, 5.74) is 5.85. The zero-order valence-electron chi connectivity index (χ0n) is 24.2. The minimum Gasteiger partial charge on any atom is -0.477 e. The number of nitrogens with one attached hydrogen (secondary N) is 2. The molecule has 2 aliphatic carbocycles. The van der Waals surface area contributed by atoms with E-state index < -0.39 is 12.1 Å². The molecule has 2 aromatic rings. The molecule has 0 bridgehead atoms. The molecule has 0 saturated heterocycles. The minimum absolute atomic E-state index is 0.00959. The molecule has 2 aromatic heterocycles. The molecule has 0 aromatic carbocycles. The fourth-order valence-corrected chi connectivity index (χ4v) is 6.23. The summed E-state index contributed by atoms with van der Waals surface area (Å²) >= 11 is 1.13. The van der Waals surface area contributed by atoms with Crippen molar-refractivity contribution in [3.05, 3.63) is 40.2 Å². The molecule has 220 valence electrons. The number of hydrazine groups is 1. The van der Waals surface area contributed by atoms with Crippen molar-refractivity contribution in [2.45, 2.75) is 91.1 Å². The van der Waals surface area contributed by atoms with E-state index in [4.69, 9.17) is 4.74 Å². The molecule has 0 unspecified atom stereocenters. The quantitative estimate of drug-likeness (QED) is 0.271. The fourth-order valence-electron chi connectivity index (χ4n) is 5.39. The summed E-state index contributed by atoms with van der Waals surface area (Å²) in [6.07, 6.45) is 7.26. The summed E-state index contributed by atoms with van der Waals surface area (Å²) < 4.78 is 5.17. The van der Waals surface area contributed by atoms with Crippen LogP contribution in [0.15, 0.2) is 30.5 Å². The Kier molecular flexibility index (Phi) is 10.1. The first-order valence-electron chi connectivity index (χ1n) is 14.4. The summed E-state index contributed by atoms with van der Waals surface area (Å²) in [5, 5.41) is 10.1. The van der Waals surface area contributed by atoms with Crippen molar-refractivity contribution < 1.29 is 24.2 Å². The van der Waals surface area contributed by atoms with Crippen molar-refractivity contribution in [3.8, 4) is 17.7 Å². The molecule has 2 amide bonds. The average molecular weight is 581 g/mol. The minimum atomic E-state index is -1.05. The normalized spacial score (nSPS) is 22.6. The van der Waals surface area contributed by atoms with Gasteiger partial charge in [0.15, 0.2) is 0 Å². The number of carboxylic acid groups (broad SMARTS) is 1. The van der Waals surface area contributed by atoms with Crippen LogP contribution in [0.5, 0.6) is 5.88 Å². The molecule has 0 radical (unpaired) electrons. The molecule has 0 aliphatic heterocycles. The van der Waals surface area contributed by atoms with Crippen molar-refractivity contribution in [1.82, 2.24) is 15.8 Å². The number of rotatable bonds is 7. The van der Waals surface area contributed by atoms with Gasteiger partial charge in [0.25, 0.3) is 0 Å². The summed E-state index contributed by atoms with van der Waals surface area (Å²) in [5.74, 6) is 5.98. The third-order valence-corrected chi connectivity index (χ3v) is 8.63. The van der Waals surface area contributed by atoms with Crippen LogP contribution in [-0.2, 0) is 4.79 Å². The average Bonchev–Trinajstić information content (AvgIpc) is 3.36. The molecule has 4 rings (SSSR count). The number of aromatic carboxylic acids is 1. The highest BCUT2D eigenvalue weighted by atomic mass is 32.1. The number of hydrogen-bond acceptors (Lipinski definition) is 7. The maximum Gasteiger partial charge on any atom is 0.428 e. The first-order valence-corrected chi connectivity index (χ1v) is 15.2. The molecule has 0 atom stereocenters. The number of carboxylic acids is 1. The summed E-state index contributed by atoms with van der Waals surface area (Å²) in [4.78, 5) is 45.2. The van der Waals surface area contributed by atoms with E-state index in [0.717, 1.165) is 37.0 Å². The summed E-state index contributed by atoms with van der Waals surface area (Å²) in [7, 11) is 0. The first-order chi connectivity index (χ1) is 19.5. The smallest absolute Gasteiger partial charge is 0.428 e. The Bertz CT molecular complexity index is 1280. The van der Waals surface area contributed by atoms with Crippen molar-refractivity contribution in [1.29, 1.82) is 0 Å². The van der Waals surface area contributed by atoms with E-state index in [1.807, 2.05) is 20.8 Å². The molecule has 2 fully saturated rings. The van der Waals surface area contributed by atoms with E-state index in [1.165, 1.54) is 0 Å². The van der Waals surface area contributed by atoms with Gasteiger partial charge in [-0.1, -0.05) is 24.8 Å². The highest BCUT2D eigenvalue weighted by Gasteiger charge is 2.37. The molecule has 10 heteroatoms. The van der Waals surface area contributed by atoms with Gasteiger partial charge in [0, 0.05) is 35.7 Å². The number of pyridine rings is 1. The Hall–Kier alpha value is -3.42. The zero-order valence-corrected chi connectivity index (χ0v) is 25.1. The molecule has 2 heterocycles. The highest BCUT2D eigenvalue weighted by Crippen LogP contribution is 2.38. The Balaban J connectivity index is 1.49. The molecule has 3 N–H and O–H groups in total. The van der Waals surface area contributed by atoms with E-state index in [-0.39, 0.29) is 40.1 Å². The van der Waals surface area contributed by atoms with Gasteiger partial charge in [0.05, 0.1) is 10.6 Å². The van der Waals surface area contributed by atoms with Crippen LogP contribution in [0.1, 0.15) is 93.6 Å². The van der Waals surface area contributed by atoms with Gasteiger partial charge >= 0.3 is 12.1 Å². The lowest BCUT2D eigenvalue weighted by Gasteiger charge is -2.39. The number of nitrogens with zero attached hydrogens (tertiary/aromatic N) is 2. The summed E-state index contributed by atoms with van der Waals surface area (Å²) in [6.45, 7) is 8.23. The van der Waals surface area contributed by atoms with Gasteiger partial charge in [-0.2, -0.15) is 0 Å². The van der Waals surface area contributed by atoms with Crippen LogP contribution in [0.3, 0.4) is 0 Å².